The van der Waals surface area contributed by atoms with E-state index in [9.17, 15) is 19.1 Å². The molecule has 0 spiro atoms. The first-order chi connectivity index (χ1) is 7.68. The van der Waals surface area contributed by atoms with Gasteiger partial charge in [-0.25, -0.2) is 0 Å². The van der Waals surface area contributed by atoms with Gasteiger partial charge in [0.15, 0.2) is 0 Å². The number of hydrogen-bond acceptors (Lipinski definition) is 4. The van der Waals surface area contributed by atoms with Gasteiger partial charge in [-0.15, -0.1) is 0 Å². The largest absolute Gasteiger partial charge is 0.508 e. The fourth-order valence-electron chi connectivity index (χ4n) is 1.61. The molecule has 1 rings (SSSR count). The first kappa shape index (κ1) is 13.9. The Hall–Kier alpha value is -1.14. The van der Waals surface area contributed by atoms with E-state index in [4.69, 9.17) is 15.9 Å². The molecule has 0 aliphatic heterocycles. The van der Waals surface area contributed by atoms with Crippen LogP contribution >= 0.6 is 7.60 Å². The van der Waals surface area contributed by atoms with Gasteiger partial charge in [-0.05, 0) is 25.0 Å². The van der Waals surface area contributed by atoms with Crippen LogP contribution in [0, 0.1) is 0 Å². The molecule has 1 unspecified atom stereocenters. The Morgan fingerprint density at radius 3 is 2.53 bits per heavy atom. The summed E-state index contributed by atoms with van der Waals surface area (Å²) in [7, 11) is -4.58. The SMILES string of the molecule is N[C@@H](CC1(P(=O)(O)O)C=CC(O)=CC1)C(=O)O. The van der Waals surface area contributed by atoms with Gasteiger partial charge in [0, 0.05) is 0 Å². The minimum Gasteiger partial charge on any atom is -0.508 e. The lowest BCUT2D eigenvalue weighted by atomic mass is 9.92. The zero-order valence-electron chi connectivity index (χ0n) is 8.85. The molecule has 6 N–H and O–H groups in total. The summed E-state index contributed by atoms with van der Waals surface area (Å²) in [5, 5.41) is 16.1. The second-order valence-electron chi connectivity index (χ2n) is 3.96. The predicted molar refractivity (Wildman–Crippen MR) is 59.5 cm³/mol. The summed E-state index contributed by atoms with van der Waals surface area (Å²) in [6.45, 7) is 0. The van der Waals surface area contributed by atoms with Gasteiger partial charge in [-0.1, -0.05) is 6.08 Å². The highest BCUT2D eigenvalue weighted by Crippen LogP contribution is 2.57. The lowest BCUT2D eigenvalue weighted by Gasteiger charge is -2.33. The first-order valence-electron chi connectivity index (χ1n) is 4.80. The molecule has 0 saturated carbocycles. The number of rotatable bonds is 4. The van der Waals surface area contributed by atoms with Crippen LogP contribution < -0.4 is 5.73 Å². The number of allylic oxidation sites excluding steroid dienone is 3. The number of aliphatic hydroxyl groups excluding tert-OH is 1. The average Bonchev–Trinajstić information content (AvgIpc) is 2.19. The van der Waals surface area contributed by atoms with E-state index in [0.717, 1.165) is 12.2 Å². The number of nitrogens with two attached hydrogens (primary N) is 1. The van der Waals surface area contributed by atoms with Gasteiger partial charge >= 0.3 is 13.6 Å². The van der Waals surface area contributed by atoms with Crippen LogP contribution in [0.5, 0.6) is 0 Å². The molecule has 96 valence electrons. The topological polar surface area (TPSA) is 141 Å². The molecule has 0 saturated heterocycles. The average molecular weight is 263 g/mol. The van der Waals surface area contributed by atoms with Gasteiger partial charge in [0.2, 0.25) is 0 Å². The highest BCUT2D eigenvalue weighted by Gasteiger charge is 2.47. The standard InChI is InChI=1S/C9H14NO6P/c10-7(8(12)13)5-9(17(14,15)16)3-1-6(11)2-4-9/h1-3,7,11H,4-5,10H2,(H,12,13)(H2,14,15,16)/t7-,9?/m0/s1. The third kappa shape index (κ3) is 2.95. The highest BCUT2D eigenvalue weighted by atomic mass is 31.2. The van der Waals surface area contributed by atoms with Crippen LogP contribution in [0.4, 0.5) is 0 Å². The van der Waals surface area contributed by atoms with E-state index in [1.807, 2.05) is 0 Å². The monoisotopic (exact) mass is 263 g/mol. The van der Waals surface area contributed by atoms with Crippen molar-refractivity contribution in [1.82, 2.24) is 0 Å². The summed E-state index contributed by atoms with van der Waals surface area (Å²) in [6, 6.07) is -1.37. The van der Waals surface area contributed by atoms with E-state index in [1.54, 1.807) is 0 Å². The van der Waals surface area contributed by atoms with Crippen molar-refractivity contribution in [1.29, 1.82) is 0 Å². The molecule has 0 bridgehead atoms. The maximum Gasteiger partial charge on any atom is 0.335 e. The second kappa shape index (κ2) is 4.62. The number of carbonyl (C=O) groups is 1. The molecule has 0 aromatic rings. The van der Waals surface area contributed by atoms with E-state index in [1.165, 1.54) is 6.08 Å². The number of hydrogen-bond donors (Lipinski definition) is 5. The maximum absolute atomic E-state index is 11.5. The van der Waals surface area contributed by atoms with Gasteiger partial charge < -0.3 is 25.7 Å². The van der Waals surface area contributed by atoms with Crippen LogP contribution in [0.25, 0.3) is 0 Å². The Kier molecular flexibility index (Phi) is 3.78. The minimum absolute atomic E-state index is 0.113. The summed E-state index contributed by atoms with van der Waals surface area (Å²) in [5.74, 6) is -1.44. The summed E-state index contributed by atoms with van der Waals surface area (Å²) >= 11 is 0. The van der Waals surface area contributed by atoms with Gasteiger partial charge in [-0.2, -0.15) is 0 Å². The van der Waals surface area contributed by atoms with Crippen molar-refractivity contribution in [3.63, 3.8) is 0 Å². The number of carboxylic acid groups (broad SMARTS) is 1. The van der Waals surface area contributed by atoms with E-state index >= 15 is 0 Å². The summed E-state index contributed by atoms with van der Waals surface area (Å²) in [4.78, 5) is 29.3. The zero-order valence-corrected chi connectivity index (χ0v) is 9.75. The van der Waals surface area contributed by atoms with Crippen LogP contribution in [0.2, 0.25) is 0 Å². The van der Waals surface area contributed by atoms with E-state index < -0.39 is 31.2 Å². The lowest BCUT2D eigenvalue weighted by molar-refractivity contribution is -0.138. The molecule has 1 aliphatic rings. The van der Waals surface area contributed by atoms with Crippen LogP contribution in [0.3, 0.4) is 0 Å². The molecule has 2 atom stereocenters. The van der Waals surface area contributed by atoms with Crippen molar-refractivity contribution >= 4 is 13.6 Å². The predicted octanol–water partition coefficient (Wildman–Crippen LogP) is 0.107. The Bertz CT molecular complexity index is 425. The molecule has 7 nitrogen and oxygen atoms in total. The molecule has 0 fully saturated rings. The van der Waals surface area contributed by atoms with Gasteiger partial charge in [0.25, 0.3) is 0 Å². The Balaban J connectivity index is 3.03. The van der Waals surface area contributed by atoms with Crippen LogP contribution in [0.1, 0.15) is 12.8 Å². The van der Waals surface area contributed by atoms with Crippen LogP contribution in [0.15, 0.2) is 24.0 Å². The number of aliphatic carboxylic acids is 1. The molecule has 0 heterocycles. The molecule has 8 heteroatoms. The maximum atomic E-state index is 11.5. The summed E-state index contributed by atoms with van der Waals surface area (Å²) in [5.41, 5.74) is 5.30. The molecule has 0 amide bonds. The minimum atomic E-state index is -4.58. The van der Waals surface area contributed by atoms with Crippen molar-refractivity contribution in [3.8, 4) is 0 Å². The number of carboxylic acids is 1. The Morgan fingerprint density at radius 1 is 1.59 bits per heavy atom. The van der Waals surface area contributed by atoms with Crippen molar-refractivity contribution in [2.75, 3.05) is 0 Å². The molecular weight excluding hydrogens is 249 g/mol. The smallest absolute Gasteiger partial charge is 0.335 e. The fraction of sp³-hybridized carbons (Fsp3) is 0.444. The summed E-state index contributed by atoms with van der Waals surface area (Å²) in [6.07, 6.45) is 2.95. The number of aliphatic hydroxyl groups is 1. The van der Waals surface area contributed by atoms with E-state index in [-0.39, 0.29) is 12.2 Å². The fourth-order valence-corrected chi connectivity index (χ4v) is 2.64. The first-order valence-corrected chi connectivity index (χ1v) is 6.41. The molecule has 1 aliphatic carbocycles. The molecule has 0 aromatic heterocycles. The molecular formula is C9H14NO6P. The van der Waals surface area contributed by atoms with E-state index in [2.05, 4.69) is 0 Å². The van der Waals surface area contributed by atoms with Crippen LogP contribution in [-0.4, -0.2) is 37.2 Å². The van der Waals surface area contributed by atoms with Gasteiger partial charge in [0.1, 0.15) is 11.8 Å². The third-order valence-corrected chi connectivity index (χ3v) is 4.37. The third-order valence-electron chi connectivity index (χ3n) is 2.70. The Morgan fingerprint density at radius 2 is 2.18 bits per heavy atom. The van der Waals surface area contributed by atoms with Crippen molar-refractivity contribution in [3.05, 3.63) is 24.0 Å². The molecule has 17 heavy (non-hydrogen) atoms. The second-order valence-corrected chi connectivity index (χ2v) is 5.94. The summed E-state index contributed by atoms with van der Waals surface area (Å²) < 4.78 is 11.5. The molecule has 0 radical (unpaired) electrons. The van der Waals surface area contributed by atoms with Crippen LogP contribution in [-0.2, 0) is 9.36 Å². The van der Waals surface area contributed by atoms with Gasteiger partial charge in [0.05, 0.1) is 5.16 Å². The van der Waals surface area contributed by atoms with Gasteiger partial charge in [-0.3, -0.25) is 9.36 Å². The zero-order chi connectivity index (χ0) is 13.3. The van der Waals surface area contributed by atoms with Crippen molar-refractivity contribution < 1.29 is 29.4 Å². The van der Waals surface area contributed by atoms with Crippen molar-refractivity contribution in [2.24, 2.45) is 5.73 Å². The lowest BCUT2D eigenvalue weighted by Crippen LogP contribution is -2.40. The van der Waals surface area contributed by atoms with Crippen molar-refractivity contribution in [2.45, 2.75) is 24.0 Å². The highest BCUT2D eigenvalue weighted by molar-refractivity contribution is 7.53. The van der Waals surface area contributed by atoms with E-state index in [0.29, 0.717) is 0 Å². The Labute approximate surface area is 97.4 Å². The molecule has 0 aromatic carbocycles. The quantitative estimate of drug-likeness (QED) is 0.453. The normalized spacial score (nSPS) is 26.4.